The number of rotatable bonds is 6. The molecule has 0 atom stereocenters. The van der Waals surface area contributed by atoms with Gasteiger partial charge in [0, 0.05) is 25.2 Å². The van der Waals surface area contributed by atoms with E-state index in [1.165, 1.54) is 37.9 Å². The van der Waals surface area contributed by atoms with Crippen LogP contribution in [-0.4, -0.2) is 48.5 Å². The van der Waals surface area contributed by atoms with Crippen molar-refractivity contribution in [3.8, 4) is 11.8 Å². The molecule has 4 rings (SSSR count). The number of nitriles is 1. The minimum Gasteiger partial charge on any atom is -0.494 e. The molecule has 0 aromatic heterocycles. The van der Waals surface area contributed by atoms with Crippen molar-refractivity contribution in [2.45, 2.75) is 38.6 Å². The van der Waals surface area contributed by atoms with Crippen LogP contribution >= 0.6 is 0 Å². The van der Waals surface area contributed by atoms with Crippen molar-refractivity contribution < 1.29 is 9.53 Å². The van der Waals surface area contributed by atoms with Gasteiger partial charge in [0.15, 0.2) is 0 Å². The number of carbonyl (C=O) groups is 1. The van der Waals surface area contributed by atoms with Crippen LogP contribution in [0, 0.1) is 11.3 Å². The molecule has 30 heavy (non-hydrogen) atoms. The fourth-order valence-electron chi connectivity index (χ4n) is 4.33. The highest BCUT2D eigenvalue weighted by atomic mass is 16.5. The molecule has 0 bridgehead atoms. The Balaban J connectivity index is 1.27. The average molecular weight is 404 g/mol. The Morgan fingerprint density at radius 3 is 2.57 bits per heavy atom. The zero-order chi connectivity index (χ0) is 20.8. The summed E-state index contributed by atoms with van der Waals surface area (Å²) in [6.45, 7) is 5.51. The van der Waals surface area contributed by atoms with Crippen molar-refractivity contribution >= 4 is 5.91 Å². The van der Waals surface area contributed by atoms with E-state index in [2.05, 4.69) is 11.0 Å². The molecule has 2 aromatic carbocycles. The molecule has 2 heterocycles. The number of hydrogen-bond acceptors (Lipinski definition) is 4. The van der Waals surface area contributed by atoms with E-state index >= 15 is 0 Å². The maximum Gasteiger partial charge on any atom is 0.254 e. The lowest BCUT2D eigenvalue weighted by molar-refractivity contribution is 0.0734. The predicted molar refractivity (Wildman–Crippen MR) is 116 cm³/mol. The van der Waals surface area contributed by atoms with Crippen LogP contribution in [0.5, 0.6) is 5.75 Å². The van der Waals surface area contributed by atoms with Crippen LogP contribution in [0.15, 0.2) is 42.5 Å². The standard InChI is InChI=1S/C25H29N3O2/c26-18-20-5-6-23-19-28(15-11-22(23)17-20)25(29)21-7-9-24(10-8-21)30-16-4-14-27-12-2-1-3-13-27/h5-10,17H,1-4,11-16,19H2. The Labute approximate surface area is 178 Å². The smallest absolute Gasteiger partial charge is 0.254 e. The maximum absolute atomic E-state index is 12.9. The first kappa shape index (κ1) is 20.4. The van der Waals surface area contributed by atoms with Crippen LogP contribution in [0.3, 0.4) is 0 Å². The molecule has 1 amide bonds. The second-order valence-corrected chi connectivity index (χ2v) is 8.20. The van der Waals surface area contributed by atoms with Crippen molar-refractivity contribution in [3.63, 3.8) is 0 Å². The van der Waals surface area contributed by atoms with Crippen LogP contribution in [0.25, 0.3) is 0 Å². The van der Waals surface area contributed by atoms with E-state index < -0.39 is 0 Å². The fraction of sp³-hybridized carbons (Fsp3) is 0.440. The fourth-order valence-corrected chi connectivity index (χ4v) is 4.33. The van der Waals surface area contributed by atoms with Crippen LogP contribution in [0.2, 0.25) is 0 Å². The Morgan fingerprint density at radius 2 is 1.80 bits per heavy atom. The van der Waals surface area contributed by atoms with Crippen LogP contribution in [0.4, 0.5) is 0 Å². The summed E-state index contributed by atoms with van der Waals surface area (Å²) in [5, 5.41) is 9.05. The molecule has 5 heteroatoms. The molecule has 0 N–H and O–H groups in total. The predicted octanol–water partition coefficient (Wildman–Crippen LogP) is 4.01. The molecule has 0 radical (unpaired) electrons. The van der Waals surface area contributed by atoms with Gasteiger partial charge < -0.3 is 14.5 Å². The summed E-state index contributed by atoms with van der Waals surface area (Å²) in [6.07, 6.45) is 5.82. The van der Waals surface area contributed by atoms with Crippen molar-refractivity contribution in [1.82, 2.24) is 9.80 Å². The van der Waals surface area contributed by atoms with Gasteiger partial charge in [-0.15, -0.1) is 0 Å². The monoisotopic (exact) mass is 403 g/mol. The Kier molecular flexibility index (Phi) is 6.66. The molecule has 2 aromatic rings. The van der Waals surface area contributed by atoms with Crippen LogP contribution in [-0.2, 0) is 13.0 Å². The second kappa shape index (κ2) is 9.77. The number of amides is 1. The van der Waals surface area contributed by atoms with Gasteiger partial charge in [-0.25, -0.2) is 0 Å². The lowest BCUT2D eigenvalue weighted by atomic mass is 9.97. The van der Waals surface area contributed by atoms with Gasteiger partial charge in [-0.3, -0.25) is 4.79 Å². The highest BCUT2D eigenvalue weighted by Crippen LogP contribution is 2.22. The number of nitrogens with zero attached hydrogens (tertiary/aromatic N) is 3. The first-order valence-corrected chi connectivity index (χ1v) is 11.0. The molecule has 1 fully saturated rings. The third kappa shape index (κ3) is 5.01. The summed E-state index contributed by atoms with van der Waals surface area (Å²) in [5.41, 5.74) is 3.67. The highest BCUT2D eigenvalue weighted by Gasteiger charge is 2.22. The largest absolute Gasteiger partial charge is 0.494 e. The van der Waals surface area contributed by atoms with Crippen molar-refractivity contribution in [1.29, 1.82) is 5.26 Å². The second-order valence-electron chi connectivity index (χ2n) is 8.20. The summed E-state index contributed by atoms with van der Waals surface area (Å²) in [6, 6.07) is 15.4. The average Bonchev–Trinajstić information content (AvgIpc) is 2.81. The molecule has 2 aliphatic rings. The van der Waals surface area contributed by atoms with E-state index in [9.17, 15) is 4.79 Å². The Hall–Kier alpha value is -2.84. The van der Waals surface area contributed by atoms with E-state index in [0.29, 0.717) is 30.8 Å². The molecule has 0 unspecified atom stereocenters. The van der Waals surface area contributed by atoms with Gasteiger partial charge in [-0.2, -0.15) is 5.26 Å². The molecule has 2 aliphatic heterocycles. The van der Waals surface area contributed by atoms with E-state index in [1.54, 1.807) is 0 Å². The van der Waals surface area contributed by atoms with Gasteiger partial charge in [0.25, 0.3) is 5.91 Å². The molecular formula is C25H29N3O2. The summed E-state index contributed by atoms with van der Waals surface area (Å²) < 4.78 is 5.87. The zero-order valence-corrected chi connectivity index (χ0v) is 17.5. The van der Waals surface area contributed by atoms with Crippen LogP contribution in [0.1, 0.15) is 52.7 Å². The van der Waals surface area contributed by atoms with Crippen LogP contribution < -0.4 is 4.74 Å². The third-order valence-electron chi connectivity index (χ3n) is 6.07. The Morgan fingerprint density at radius 1 is 1.00 bits per heavy atom. The maximum atomic E-state index is 12.9. The first-order chi connectivity index (χ1) is 14.7. The summed E-state index contributed by atoms with van der Waals surface area (Å²) >= 11 is 0. The zero-order valence-electron chi connectivity index (χ0n) is 17.5. The minimum atomic E-state index is 0.0432. The quantitative estimate of drug-likeness (QED) is 0.684. The van der Waals surface area contributed by atoms with Crippen molar-refractivity contribution in [2.75, 3.05) is 32.8 Å². The van der Waals surface area contributed by atoms with Crippen molar-refractivity contribution in [3.05, 3.63) is 64.7 Å². The summed E-state index contributed by atoms with van der Waals surface area (Å²) in [5.74, 6) is 0.861. The molecule has 0 aliphatic carbocycles. The first-order valence-electron chi connectivity index (χ1n) is 11.0. The number of benzene rings is 2. The van der Waals surface area contributed by atoms with Gasteiger partial charge in [-0.1, -0.05) is 12.5 Å². The van der Waals surface area contributed by atoms with Gasteiger partial charge in [0.2, 0.25) is 0 Å². The van der Waals surface area contributed by atoms with Gasteiger partial charge >= 0.3 is 0 Å². The number of likely N-dealkylation sites (tertiary alicyclic amines) is 1. The number of fused-ring (bicyclic) bond motifs is 1. The lowest BCUT2D eigenvalue weighted by Gasteiger charge is -2.29. The van der Waals surface area contributed by atoms with E-state index in [4.69, 9.17) is 10.00 Å². The third-order valence-corrected chi connectivity index (χ3v) is 6.07. The molecule has 0 spiro atoms. The van der Waals surface area contributed by atoms with Crippen molar-refractivity contribution in [2.24, 2.45) is 0 Å². The van der Waals surface area contributed by atoms with E-state index in [0.717, 1.165) is 30.7 Å². The number of carbonyl (C=O) groups excluding carboxylic acids is 1. The molecular weight excluding hydrogens is 374 g/mol. The lowest BCUT2D eigenvalue weighted by Crippen LogP contribution is -2.35. The topological polar surface area (TPSA) is 56.6 Å². The molecule has 0 saturated carbocycles. The highest BCUT2D eigenvalue weighted by molar-refractivity contribution is 5.94. The Bertz CT molecular complexity index is 911. The van der Waals surface area contributed by atoms with Gasteiger partial charge in [0.1, 0.15) is 5.75 Å². The van der Waals surface area contributed by atoms with Gasteiger partial charge in [-0.05, 0) is 86.3 Å². The van der Waals surface area contributed by atoms with Gasteiger partial charge in [0.05, 0.1) is 18.2 Å². The molecule has 156 valence electrons. The van der Waals surface area contributed by atoms with E-state index in [-0.39, 0.29) is 5.91 Å². The number of piperidine rings is 1. The summed E-state index contributed by atoms with van der Waals surface area (Å²) in [7, 11) is 0. The SMILES string of the molecule is N#Cc1ccc2c(c1)CCN(C(=O)c1ccc(OCCCN3CCCCC3)cc1)C2. The number of hydrogen-bond donors (Lipinski definition) is 0. The van der Waals surface area contributed by atoms with E-state index in [1.807, 2.05) is 47.4 Å². The molecule has 1 saturated heterocycles. The normalized spacial score (nSPS) is 16.6. The molecule has 5 nitrogen and oxygen atoms in total. The summed E-state index contributed by atoms with van der Waals surface area (Å²) in [4.78, 5) is 17.3. The number of ether oxygens (including phenoxy) is 1. The minimum absolute atomic E-state index is 0.0432.